The molecule has 3 nitrogen and oxygen atoms in total. The maximum atomic E-state index is 10.3. The highest BCUT2D eigenvalue weighted by atomic mass is 16.1. The topological polar surface area (TPSA) is 37.8 Å². The van der Waals surface area contributed by atoms with Gasteiger partial charge >= 0.3 is 0 Å². The van der Waals surface area contributed by atoms with Crippen LogP contribution in [0.5, 0.6) is 0 Å². The molecule has 11 heavy (non-hydrogen) atoms. The van der Waals surface area contributed by atoms with Crippen molar-refractivity contribution in [2.45, 2.75) is 0 Å². The Kier molecular flexibility index (Phi) is 1.12. The third-order valence-corrected chi connectivity index (χ3v) is 1.80. The molecule has 2 aromatic rings. The average Bonchev–Trinajstić information content (AvgIpc) is 2.53. The Bertz CT molecular complexity index is 397. The SMILES string of the molecule is Cn1ccc2cc(C=O)[nH]c21. The maximum absolute atomic E-state index is 10.3. The molecule has 2 heterocycles. The lowest BCUT2D eigenvalue weighted by atomic mass is 10.4. The van der Waals surface area contributed by atoms with E-state index >= 15 is 0 Å². The molecular formula is C8H8N2O. The van der Waals surface area contributed by atoms with Crippen molar-refractivity contribution < 1.29 is 4.79 Å². The molecule has 0 bridgehead atoms. The summed E-state index contributed by atoms with van der Waals surface area (Å²) in [4.78, 5) is 13.3. The number of carbonyl (C=O) groups is 1. The summed E-state index contributed by atoms with van der Waals surface area (Å²) in [6.07, 6.45) is 2.77. The fourth-order valence-electron chi connectivity index (χ4n) is 1.23. The largest absolute Gasteiger partial charge is 0.338 e. The van der Waals surface area contributed by atoms with Crippen molar-refractivity contribution in [1.82, 2.24) is 9.55 Å². The van der Waals surface area contributed by atoms with Crippen LogP contribution in [0, 0.1) is 0 Å². The highest BCUT2D eigenvalue weighted by Gasteiger charge is 2.00. The molecule has 2 aromatic heterocycles. The van der Waals surface area contributed by atoms with Crippen LogP contribution in [-0.2, 0) is 7.05 Å². The Hall–Kier alpha value is -1.51. The zero-order valence-corrected chi connectivity index (χ0v) is 6.16. The molecule has 2 rings (SSSR count). The van der Waals surface area contributed by atoms with Crippen LogP contribution in [0.25, 0.3) is 11.0 Å². The van der Waals surface area contributed by atoms with E-state index in [0.29, 0.717) is 5.69 Å². The van der Waals surface area contributed by atoms with Gasteiger partial charge in [-0.1, -0.05) is 0 Å². The van der Waals surface area contributed by atoms with Gasteiger partial charge in [0.1, 0.15) is 5.65 Å². The summed E-state index contributed by atoms with van der Waals surface area (Å²) in [5.41, 5.74) is 1.62. The molecule has 0 unspecified atom stereocenters. The summed E-state index contributed by atoms with van der Waals surface area (Å²) in [6, 6.07) is 3.81. The molecule has 0 atom stereocenters. The number of rotatable bonds is 1. The van der Waals surface area contributed by atoms with Crippen molar-refractivity contribution in [1.29, 1.82) is 0 Å². The Morgan fingerprint density at radius 3 is 3.09 bits per heavy atom. The van der Waals surface area contributed by atoms with E-state index in [1.807, 2.05) is 29.9 Å². The molecule has 3 heteroatoms. The van der Waals surface area contributed by atoms with Crippen LogP contribution in [0.1, 0.15) is 10.5 Å². The molecular weight excluding hydrogens is 140 g/mol. The first kappa shape index (κ1) is 6.22. The van der Waals surface area contributed by atoms with Crippen LogP contribution >= 0.6 is 0 Å². The number of nitrogens with one attached hydrogen (secondary N) is 1. The van der Waals surface area contributed by atoms with Crippen LogP contribution < -0.4 is 0 Å². The van der Waals surface area contributed by atoms with Gasteiger partial charge in [0.25, 0.3) is 0 Å². The number of nitrogens with zero attached hydrogens (tertiary/aromatic N) is 1. The van der Waals surface area contributed by atoms with E-state index in [4.69, 9.17) is 0 Å². The van der Waals surface area contributed by atoms with Crippen molar-refractivity contribution in [3.63, 3.8) is 0 Å². The van der Waals surface area contributed by atoms with Crippen LogP contribution in [-0.4, -0.2) is 15.8 Å². The lowest BCUT2D eigenvalue weighted by Crippen LogP contribution is -1.85. The number of aldehydes is 1. The van der Waals surface area contributed by atoms with E-state index < -0.39 is 0 Å². The second-order valence-electron chi connectivity index (χ2n) is 2.57. The third kappa shape index (κ3) is 0.774. The van der Waals surface area contributed by atoms with Gasteiger partial charge in [-0.15, -0.1) is 0 Å². The molecule has 0 radical (unpaired) electrons. The average molecular weight is 148 g/mol. The highest BCUT2D eigenvalue weighted by molar-refractivity contribution is 5.86. The Labute approximate surface area is 63.6 Å². The molecule has 1 N–H and O–H groups in total. The summed E-state index contributed by atoms with van der Waals surface area (Å²) < 4.78 is 1.95. The zero-order valence-electron chi connectivity index (χ0n) is 6.16. The predicted octanol–water partition coefficient (Wildman–Crippen LogP) is 1.32. The van der Waals surface area contributed by atoms with E-state index in [1.165, 1.54) is 0 Å². The van der Waals surface area contributed by atoms with Crippen LogP contribution in [0.4, 0.5) is 0 Å². The first-order valence-corrected chi connectivity index (χ1v) is 3.40. The number of fused-ring (bicyclic) bond motifs is 1. The molecule has 0 fully saturated rings. The van der Waals surface area contributed by atoms with Crippen molar-refractivity contribution in [3.05, 3.63) is 24.0 Å². The van der Waals surface area contributed by atoms with Gasteiger partial charge in [0, 0.05) is 18.6 Å². The minimum atomic E-state index is 0.631. The van der Waals surface area contributed by atoms with Crippen LogP contribution in [0.2, 0.25) is 0 Å². The van der Waals surface area contributed by atoms with Crippen molar-refractivity contribution in [2.24, 2.45) is 7.05 Å². The number of H-pyrrole nitrogens is 1. The second kappa shape index (κ2) is 1.99. The predicted molar refractivity (Wildman–Crippen MR) is 42.7 cm³/mol. The van der Waals surface area contributed by atoms with Gasteiger partial charge in [0.2, 0.25) is 0 Å². The summed E-state index contributed by atoms with van der Waals surface area (Å²) >= 11 is 0. The smallest absolute Gasteiger partial charge is 0.166 e. The van der Waals surface area contributed by atoms with E-state index in [-0.39, 0.29) is 0 Å². The van der Waals surface area contributed by atoms with E-state index in [1.54, 1.807) is 0 Å². The van der Waals surface area contributed by atoms with Crippen LogP contribution in [0.3, 0.4) is 0 Å². The molecule has 0 spiro atoms. The van der Waals surface area contributed by atoms with Gasteiger partial charge < -0.3 is 9.55 Å². The first-order valence-electron chi connectivity index (χ1n) is 3.40. The molecule has 56 valence electrons. The number of aromatic amines is 1. The summed E-state index contributed by atoms with van der Waals surface area (Å²) in [5.74, 6) is 0. The standard InChI is InChI=1S/C8H8N2O/c1-10-3-2-6-4-7(5-11)9-8(6)10/h2-5,9H,1H3. The summed E-state index contributed by atoms with van der Waals surface area (Å²) in [6.45, 7) is 0. The van der Waals surface area contributed by atoms with Gasteiger partial charge in [-0.3, -0.25) is 4.79 Å². The van der Waals surface area contributed by atoms with Gasteiger partial charge in [-0.2, -0.15) is 0 Å². The lowest BCUT2D eigenvalue weighted by molar-refractivity contribution is 0.111. The molecule has 0 aliphatic rings. The van der Waals surface area contributed by atoms with E-state index in [2.05, 4.69) is 4.98 Å². The number of carbonyl (C=O) groups excluding carboxylic acids is 1. The third-order valence-electron chi connectivity index (χ3n) is 1.80. The van der Waals surface area contributed by atoms with E-state index in [0.717, 1.165) is 17.3 Å². The molecule has 0 aliphatic carbocycles. The van der Waals surface area contributed by atoms with E-state index in [9.17, 15) is 4.79 Å². The minimum absolute atomic E-state index is 0.631. The summed E-state index contributed by atoms with van der Waals surface area (Å²) in [5, 5.41) is 1.08. The number of hydrogen-bond donors (Lipinski definition) is 1. The Balaban J connectivity index is 2.79. The quantitative estimate of drug-likeness (QED) is 0.608. The molecule has 0 saturated carbocycles. The van der Waals surface area contributed by atoms with Gasteiger partial charge in [-0.25, -0.2) is 0 Å². The summed E-state index contributed by atoms with van der Waals surface area (Å²) in [7, 11) is 1.94. The molecule has 0 aromatic carbocycles. The number of hydrogen-bond acceptors (Lipinski definition) is 1. The van der Waals surface area contributed by atoms with Crippen molar-refractivity contribution >= 4 is 17.3 Å². The Morgan fingerprint density at radius 1 is 1.64 bits per heavy atom. The first-order chi connectivity index (χ1) is 5.31. The highest BCUT2D eigenvalue weighted by Crippen LogP contribution is 2.13. The van der Waals surface area contributed by atoms with Crippen LogP contribution in [0.15, 0.2) is 18.3 Å². The number of aromatic nitrogens is 2. The Morgan fingerprint density at radius 2 is 2.45 bits per heavy atom. The molecule has 0 aliphatic heterocycles. The fraction of sp³-hybridized carbons (Fsp3) is 0.125. The second-order valence-corrected chi connectivity index (χ2v) is 2.57. The van der Waals surface area contributed by atoms with Gasteiger partial charge in [-0.05, 0) is 12.1 Å². The normalized spacial score (nSPS) is 10.6. The van der Waals surface area contributed by atoms with Gasteiger partial charge in [0.05, 0.1) is 5.69 Å². The van der Waals surface area contributed by atoms with Crippen molar-refractivity contribution in [2.75, 3.05) is 0 Å². The lowest BCUT2D eigenvalue weighted by Gasteiger charge is -1.88. The maximum Gasteiger partial charge on any atom is 0.166 e. The minimum Gasteiger partial charge on any atom is -0.338 e. The monoisotopic (exact) mass is 148 g/mol. The number of aryl methyl sites for hydroxylation is 1. The fourth-order valence-corrected chi connectivity index (χ4v) is 1.23. The van der Waals surface area contributed by atoms with Crippen molar-refractivity contribution in [3.8, 4) is 0 Å². The van der Waals surface area contributed by atoms with Gasteiger partial charge in [0.15, 0.2) is 6.29 Å². The molecule has 0 saturated heterocycles. The zero-order chi connectivity index (χ0) is 7.84. The molecule has 0 amide bonds.